The number of halogens is 2. The van der Waals surface area contributed by atoms with E-state index in [2.05, 4.69) is 5.32 Å². The summed E-state index contributed by atoms with van der Waals surface area (Å²) < 4.78 is 42.6. The molecule has 1 heterocycles. The van der Waals surface area contributed by atoms with Crippen LogP contribution in [-0.2, 0) is 4.74 Å². The molecule has 1 aliphatic rings. The first-order valence-corrected chi connectivity index (χ1v) is 5.61. The van der Waals surface area contributed by atoms with Crippen molar-refractivity contribution in [2.45, 2.75) is 6.10 Å². The van der Waals surface area contributed by atoms with E-state index < -0.39 is 11.6 Å². The molecule has 0 amide bonds. The van der Waals surface area contributed by atoms with Gasteiger partial charge in [-0.1, -0.05) is 0 Å². The van der Waals surface area contributed by atoms with E-state index in [1.165, 1.54) is 14.2 Å². The number of ether oxygens (including phenoxy) is 3. The molecule has 0 radical (unpaired) electrons. The Morgan fingerprint density at radius 1 is 1.28 bits per heavy atom. The van der Waals surface area contributed by atoms with E-state index in [-0.39, 0.29) is 17.6 Å². The van der Waals surface area contributed by atoms with Crippen LogP contribution < -0.4 is 14.8 Å². The van der Waals surface area contributed by atoms with Crippen molar-refractivity contribution in [1.82, 2.24) is 5.32 Å². The molecule has 6 heteroatoms. The van der Waals surface area contributed by atoms with Crippen LogP contribution in [0.2, 0.25) is 0 Å². The minimum atomic E-state index is -1.05. The second kappa shape index (κ2) is 5.49. The summed E-state index contributed by atoms with van der Waals surface area (Å²) in [5, 5.41) is 3.12. The van der Waals surface area contributed by atoms with Gasteiger partial charge >= 0.3 is 0 Å². The van der Waals surface area contributed by atoms with E-state index in [0.29, 0.717) is 18.7 Å². The molecule has 0 aromatic heterocycles. The van der Waals surface area contributed by atoms with Gasteiger partial charge in [-0.2, -0.15) is 4.39 Å². The van der Waals surface area contributed by atoms with Crippen molar-refractivity contribution in [3.05, 3.63) is 23.3 Å². The first-order chi connectivity index (χ1) is 8.69. The third kappa shape index (κ3) is 2.26. The largest absolute Gasteiger partial charge is 0.492 e. The number of nitrogens with one attached hydrogen (secondary N) is 1. The van der Waals surface area contributed by atoms with Gasteiger partial charge < -0.3 is 19.5 Å². The van der Waals surface area contributed by atoms with Gasteiger partial charge in [-0.25, -0.2) is 4.39 Å². The summed E-state index contributed by atoms with van der Waals surface area (Å²) in [6.07, 6.45) is -0.377. The highest BCUT2D eigenvalue weighted by atomic mass is 19.2. The maximum Gasteiger partial charge on any atom is 0.204 e. The molecule has 1 aliphatic heterocycles. The van der Waals surface area contributed by atoms with Crippen molar-refractivity contribution < 1.29 is 23.0 Å². The summed E-state index contributed by atoms with van der Waals surface area (Å²) in [6.45, 7) is 1.76. The lowest BCUT2D eigenvalue weighted by Crippen LogP contribution is -2.33. The predicted molar refractivity (Wildman–Crippen MR) is 61.0 cm³/mol. The van der Waals surface area contributed by atoms with Crippen LogP contribution >= 0.6 is 0 Å². The van der Waals surface area contributed by atoms with Crippen molar-refractivity contribution in [3.8, 4) is 11.5 Å². The first kappa shape index (κ1) is 13.0. The highest BCUT2D eigenvalue weighted by Crippen LogP contribution is 2.39. The van der Waals surface area contributed by atoms with E-state index in [1.54, 1.807) is 0 Å². The molecular weight excluding hydrogens is 244 g/mol. The molecule has 1 fully saturated rings. The van der Waals surface area contributed by atoms with Crippen LogP contribution in [0.15, 0.2) is 6.07 Å². The molecule has 1 aromatic carbocycles. The molecule has 1 N–H and O–H groups in total. The summed E-state index contributed by atoms with van der Waals surface area (Å²) in [5.41, 5.74) is 0.445. The lowest BCUT2D eigenvalue weighted by molar-refractivity contribution is 0.0257. The molecule has 1 atom stereocenters. The zero-order chi connectivity index (χ0) is 13.1. The average molecular weight is 259 g/mol. The standard InChI is InChI=1S/C12H15F2NO3/c1-16-11-7(9-6-15-3-4-18-9)5-8(13)10(14)12(11)17-2/h5,9,15H,3-4,6H2,1-2H3. The molecule has 0 saturated carbocycles. The molecule has 1 unspecified atom stereocenters. The molecule has 1 saturated heterocycles. The maximum absolute atomic E-state index is 13.6. The lowest BCUT2D eigenvalue weighted by atomic mass is 10.1. The average Bonchev–Trinajstić information content (AvgIpc) is 2.42. The van der Waals surface area contributed by atoms with Crippen LogP contribution in [0.5, 0.6) is 11.5 Å². The molecule has 18 heavy (non-hydrogen) atoms. The van der Waals surface area contributed by atoms with Gasteiger partial charge in [0, 0.05) is 18.7 Å². The zero-order valence-corrected chi connectivity index (χ0v) is 10.3. The van der Waals surface area contributed by atoms with E-state index in [0.717, 1.165) is 12.6 Å². The Labute approximate surface area is 104 Å². The van der Waals surface area contributed by atoms with Crippen molar-refractivity contribution in [1.29, 1.82) is 0 Å². The van der Waals surface area contributed by atoms with Gasteiger partial charge in [0.1, 0.15) is 0 Å². The summed E-state index contributed by atoms with van der Waals surface area (Å²) >= 11 is 0. The van der Waals surface area contributed by atoms with Gasteiger partial charge in [0.25, 0.3) is 0 Å². The molecule has 0 aliphatic carbocycles. The van der Waals surface area contributed by atoms with Gasteiger partial charge in [-0.15, -0.1) is 0 Å². The lowest BCUT2D eigenvalue weighted by Gasteiger charge is -2.26. The topological polar surface area (TPSA) is 39.7 Å². The highest BCUT2D eigenvalue weighted by Gasteiger charge is 2.26. The molecule has 2 rings (SSSR count). The van der Waals surface area contributed by atoms with E-state index >= 15 is 0 Å². The quantitative estimate of drug-likeness (QED) is 0.896. The van der Waals surface area contributed by atoms with Crippen LogP contribution in [0.4, 0.5) is 8.78 Å². The number of benzene rings is 1. The minimum absolute atomic E-state index is 0.171. The molecule has 0 spiro atoms. The summed E-state index contributed by atoms with van der Waals surface area (Å²) in [6, 6.07) is 1.09. The van der Waals surface area contributed by atoms with Gasteiger partial charge in [0.05, 0.1) is 26.9 Å². The molecule has 1 aromatic rings. The number of methoxy groups -OCH3 is 2. The summed E-state index contributed by atoms with van der Waals surface area (Å²) in [5.74, 6) is -2.09. The third-order valence-corrected chi connectivity index (χ3v) is 2.84. The fourth-order valence-corrected chi connectivity index (χ4v) is 2.00. The Kier molecular flexibility index (Phi) is 3.98. The molecule has 0 bridgehead atoms. The fourth-order valence-electron chi connectivity index (χ4n) is 2.00. The van der Waals surface area contributed by atoms with Crippen molar-refractivity contribution >= 4 is 0 Å². The second-order valence-corrected chi connectivity index (χ2v) is 3.89. The van der Waals surface area contributed by atoms with Gasteiger partial charge in [0.2, 0.25) is 5.82 Å². The van der Waals surface area contributed by atoms with E-state index in [4.69, 9.17) is 14.2 Å². The van der Waals surface area contributed by atoms with E-state index in [1.807, 2.05) is 0 Å². The Balaban J connectivity index is 2.47. The van der Waals surface area contributed by atoms with Crippen LogP contribution in [0.1, 0.15) is 11.7 Å². The van der Waals surface area contributed by atoms with Crippen molar-refractivity contribution in [2.24, 2.45) is 0 Å². The molecule has 4 nitrogen and oxygen atoms in total. The third-order valence-electron chi connectivity index (χ3n) is 2.84. The van der Waals surface area contributed by atoms with Gasteiger partial charge in [-0.05, 0) is 6.07 Å². The van der Waals surface area contributed by atoms with Gasteiger partial charge in [0.15, 0.2) is 17.3 Å². The Hall–Kier alpha value is -1.40. The second-order valence-electron chi connectivity index (χ2n) is 3.89. The Morgan fingerprint density at radius 2 is 2.00 bits per heavy atom. The number of morpholine rings is 1. The minimum Gasteiger partial charge on any atom is -0.492 e. The Bertz CT molecular complexity index is 434. The van der Waals surface area contributed by atoms with Crippen molar-refractivity contribution in [2.75, 3.05) is 33.9 Å². The van der Waals surface area contributed by atoms with Crippen LogP contribution in [0, 0.1) is 11.6 Å². The zero-order valence-electron chi connectivity index (χ0n) is 10.3. The fraction of sp³-hybridized carbons (Fsp3) is 0.500. The summed E-state index contributed by atoms with van der Waals surface area (Å²) in [4.78, 5) is 0. The van der Waals surface area contributed by atoms with Crippen molar-refractivity contribution in [3.63, 3.8) is 0 Å². The molecule has 100 valence electrons. The number of hydrogen-bond donors (Lipinski definition) is 1. The van der Waals surface area contributed by atoms with Crippen LogP contribution in [0.25, 0.3) is 0 Å². The smallest absolute Gasteiger partial charge is 0.204 e. The number of hydrogen-bond acceptors (Lipinski definition) is 4. The number of rotatable bonds is 3. The van der Waals surface area contributed by atoms with Crippen LogP contribution in [0.3, 0.4) is 0 Å². The first-order valence-electron chi connectivity index (χ1n) is 5.61. The molecular formula is C12H15F2NO3. The summed E-state index contributed by atoms with van der Waals surface area (Å²) in [7, 11) is 2.65. The van der Waals surface area contributed by atoms with E-state index in [9.17, 15) is 8.78 Å². The highest BCUT2D eigenvalue weighted by molar-refractivity contribution is 5.49. The van der Waals surface area contributed by atoms with Gasteiger partial charge in [-0.3, -0.25) is 0 Å². The van der Waals surface area contributed by atoms with Crippen LogP contribution in [-0.4, -0.2) is 33.9 Å². The maximum atomic E-state index is 13.6. The monoisotopic (exact) mass is 259 g/mol. The predicted octanol–water partition coefficient (Wildman–Crippen LogP) is 1.64. The Morgan fingerprint density at radius 3 is 2.56 bits per heavy atom. The SMILES string of the molecule is COc1c(C2CNCCO2)cc(F)c(F)c1OC. The normalized spacial score (nSPS) is 19.7.